The lowest BCUT2D eigenvalue weighted by atomic mass is 9.96. The molecule has 1 aliphatic rings. The third-order valence-corrected chi connectivity index (χ3v) is 4.65. The molecule has 132 valence electrons. The molecule has 0 radical (unpaired) electrons. The van der Waals surface area contributed by atoms with Crippen molar-refractivity contribution in [3.8, 4) is 0 Å². The highest BCUT2D eigenvalue weighted by molar-refractivity contribution is 7.91. The minimum absolute atomic E-state index is 0.0292. The number of rotatable bonds is 4. The van der Waals surface area contributed by atoms with Crippen LogP contribution in [0.25, 0.3) is 0 Å². The zero-order valence-corrected chi connectivity index (χ0v) is 14.9. The van der Waals surface area contributed by atoms with E-state index in [1.807, 2.05) is 60.7 Å². The zero-order valence-electron chi connectivity index (χ0n) is 14.1. The standard InChI is InChI=1S/C18H17N5O2S/c1-26(24,25)22-17-20-18-19-15(13-8-4-2-5-9-13)12-16(23(18)21-17)14-10-6-3-7-11-14/h2-11,16H,12H2,1H3,(H,21,22). The number of aromatic nitrogens is 3. The summed E-state index contributed by atoms with van der Waals surface area (Å²) in [6.07, 6.45) is 1.71. The molecule has 0 bridgehead atoms. The van der Waals surface area contributed by atoms with E-state index in [4.69, 9.17) is 0 Å². The van der Waals surface area contributed by atoms with Gasteiger partial charge in [0.05, 0.1) is 18.0 Å². The SMILES string of the molecule is CS(=O)(=O)Nc1nc2n(n1)C(c1ccccc1)CC(c1ccccc1)=N2. The first kappa shape index (κ1) is 16.5. The minimum Gasteiger partial charge on any atom is -0.250 e. The molecule has 0 saturated heterocycles. The average molecular weight is 367 g/mol. The Kier molecular flexibility index (Phi) is 4.04. The highest BCUT2D eigenvalue weighted by Crippen LogP contribution is 2.33. The monoisotopic (exact) mass is 367 g/mol. The van der Waals surface area contributed by atoms with Gasteiger partial charge in [-0.1, -0.05) is 60.7 Å². The maximum Gasteiger partial charge on any atom is 0.257 e. The normalized spacial score (nSPS) is 16.7. The number of anilines is 1. The van der Waals surface area contributed by atoms with Crippen molar-refractivity contribution in [1.29, 1.82) is 0 Å². The smallest absolute Gasteiger partial charge is 0.250 e. The summed E-state index contributed by atoms with van der Waals surface area (Å²) in [5.74, 6) is 0.414. The number of fused-ring (bicyclic) bond motifs is 1. The molecular weight excluding hydrogens is 350 g/mol. The van der Waals surface area contributed by atoms with E-state index in [-0.39, 0.29) is 12.0 Å². The molecule has 0 amide bonds. The summed E-state index contributed by atoms with van der Waals surface area (Å²) in [7, 11) is -3.46. The number of nitrogens with zero attached hydrogens (tertiary/aromatic N) is 4. The molecule has 0 aliphatic carbocycles. The van der Waals surface area contributed by atoms with Crippen molar-refractivity contribution in [3.05, 3.63) is 71.8 Å². The van der Waals surface area contributed by atoms with Crippen molar-refractivity contribution >= 4 is 27.6 Å². The largest absolute Gasteiger partial charge is 0.257 e. The first-order valence-corrected chi connectivity index (χ1v) is 10.0. The van der Waals surface area contributed by atoms with Gasteiger partial charge in [-0.15, -0.1) is 5.10 Å². The van der Waals surface area contributed by atoms with Gasteiger partial charge >= 0.3 is 0 Å². The van der Waals surface area contributed by atoms with E-state index >= 15 is 0 Å². The van der Waals surface area contributed by atoms with Gasteiger partial charge in [-0.05, 0) is 11.1 Å². The Morgan fingerprint density at radius 1 is 1.04 bits per heavy atom. The van der Waals surface area contributed by atoms with Crippen LogP contribution >= 0.6 is 0 Å². The fraction of sp³-hybridized carbons (Fsp3) is 0.167. The average Bonchev–Trinajstić information content (AvgIpc) is 3.02. The van der Waals surface area contributed by atoms with Crippen LogP contribution in [0.3, 0.4) is 0 Å². The van der Waals surface area contributed by atoms with Crippen LogP contribution in [0.1, 0.15) is 23.6 Å². The molecule has 7 nitrogen and oxygen atoms in total. The summed E-state index contributed by atoms with van der Waals surface area (Å²) in [6, 6.07) is 19.7. The lowest BCUT2D eigenvalue weighted by Gasteiger charge is -2.23. The fourth-order valence-electron chi connectivity index (χ4n) is 2.99. The molecule has 0 fully saturated rings. The van der Waals surface area contributed by atoms with Crippen molar-refractivity contribution in [1.82, 2.24) is 14.8 Å². The van der Waals surface area contributed by atoms with Crippen molar-refractivity contribution < 1.29 is 8.42 Å². The lowest BCUT2D eigenvalue weighted by Crippen LogP contribution is -2.21. The van der Waals surface area contributed by atoms with Gasteiger partial charge in [0.1, 0.15) is 0 Å². The van der Waals surface area contributed by atoms with Crippen LogP contribution in [0.15, 0.2) is 65.7 Å². The Bertz CT molecular complexity index is 1060. The summed E-state index contributed by atoms with van der Waals surface area (Å²) >= 11 is 0. The van der Waals surface area contributed by atoms with Gasteiger partial charge in [0, 0.05) is 6.42 Å². The topological polar surface area (TPSA) is 89.2 Å². The van der Waals surface area contributed by atoms with Crippen LogP contribution in [-0.4, -0.2) is 35.1 Å². The Morgan fingerprint density at radius 3 is 2.35 bits per heavy atom. The van der Waals surface area contributed by atoms with Crippen molar-refractivity contribution in [3.63, 3.8) is 0 Å². The maximum atomic E-state index is 11.5. The van der Waals surface area contributed by atoms with Crippen LogP contribution in [0.5, 0.6) is 0 Å². The number of sulfonamides is 1. The maximum absolute atomic E-state index is 11.5. The fourth-order valence-corrected chi connectivity index (χ4v) is 3.41. The van der Waals surface area contributed by atoms with Gasteiger partial charge in [-0.25, -0.2) is 18.1 Å². The number of hydrogen-bond acceptors (Lipinski definition) is 5. The van der Waals surface area contributed by atoms with E-state index in [1.165, 1.54) is 0 Å². The van der Waals surface area contributed by atoms with Crippen LogP contribution in [0.4, 0.5) is 11.9 Å². The molecule has 3 aromatic rings. The highest BCUT2D eigenvalue weighted by atomic mass is 32.2. The Balaban J connectivity index is 1.82. The molecule has 0 spiro atoms. The van der Waals surface area contributed by atoms with Gasteiger partial charge < -0.3 is 0 Å². The van der Waals surface area contributed by atoms with E-state index in [2.05, 4.69) is 19.8 Å². The van der Waals surface area contributed by atoms with Gasteiger partial charge in [-0.3, -0.25) is 4.72 Å². The summed E-state index contributed by atoms with van der Waals surface area (Å²) in [5.41, 5.74) is 2.97. The molecule has 2 heterocycles. The van der Waals surface area contributed by atoms with Gasteiger partial charge in [0.2, 0.25) is 10.0 Å². The quantitative estimate of drug-likeness (QED) is 0.768. The number of benzene rings is 2. The summed E-state index contributed by atoms with van der Waals surface area (Å²) in [4.78, 5) is 8.87. The summed E-state index contributed by atoms with van der Waals surface area (Å²) < 4.78 is 27.0. The Morgan fingerprint density at radius 2 is 1.69 bits per heavy atom. The van der Waals surface area contributed by atoms with Gasteiger partial charge in [0.15, 0.2) is 0 Å². The van der Waals surface area contributed by atoms with E-state index < -0.39 is 10.0 Å². The Hall–Kier alpha value is -3.00. The van der Waals surface area contributed by atoms with E-state index in [0.717, 1.165) is 23.1 Å². The predicted octanol–water partition coefficient (Wildman–Crippen LogP) is 2.76. The van der Waals surface area contributed by atoms with Crippen LogP contribution in [-0.2, 0) is 10.0 Å². The molecule has 8 heteroatoms. The first-order chi connectivity index (χ1) is 12.5. The van der Waals surface area contributed by atoms with Crippen LogP contribution in [0, 0.1) is 0 Å². The molecule has 1 unspecified atom stereocenters. The predicted molar refractivity (Wildman–Crippen MR) is 100 cm³/mol. The number of nitrogens with one attached hydrogen (secondary N) is 1. The van der Waals surface area contributed by atoms with E-state index in [9.17, 15) is 8.42 Å². The molecule has 1 atom stereocenters. The summed E-state index contributed by atoms with van der Waals surface area (Å²) in [5, 5.41) is 4.33. The number of aliphatic imine (C=N–C) groups is 1. The van der Waals surface area contributed by atoms with E-state index in [1.54, 1.807) is 4.68 Å². The second-order valence-electron chi connectivity index (χ2n) is 6.11. The second-order valence-corrected chi connectivity index (χ2v) is 7.86. The summed E-state index contributed by atoms with van der Waals surface area (Å²) in [6.45, 7) is 0. The van der Waals surface area contributed by atoms with Gasteiger partial charge in [-0.2, -0.15) is 4.98 Å². The minimum atomic E-state index is -3.46. The van der Waals surface area contributed by atoms with Crippen molar-refractivity contribution in [2.24, 2.45) is 4.99 Å². The third kappa shape index (κ3) is 3.36. The zero-order chi connectivity index (χ0) is 18.1. The Labute approximate surface area is 151 Å². The van der Waals surface area contributed by atoms with Gasteiger partial charge in [0.25, 0.3) is 11.9 Å². The van der Waals surface area contributed by atoms with Crippen LogP contribution < -0.4 is 4.72 Å². The molecule has 2 aromatic carbocycles. The third-order valence-electron chi connectivity index (χ3n) is 4.10. The molecule has 0 saturated carbocycles. The molecule has 1 aliphatic heterocycles. The first-order valence-electron chi connectivity index (χ1n) is 8.12. The highest BCUT2D eigenvalue weighted by Gasteiger charge is 2.28. The lowest BCUT2D eigenvalue weighted by molar-refractivity contribution is 0.532. The molecule has 26 heavy (non-hydrogen) atoms. The second kappa shape index (κ2) is 6.38. The van der Waals surface area contributed by atoms with E-state index in [0.29, 0.717) is 12.4 Å². The molecule has 1 aromatic heterocycles. The van der Waals surface area contributed by atoms with Crippen molar-refractivity contribution in [2.75, 3.05) is 11.0 Å². The molecule has 1 N–H and O–H groups in total. The molecular formula is C18H17N5O2S. The molecule has 4 rings (SSSR count). The van der Waals surface area contributed by atoms with Crippen LogP contribution in [0.2, 0.25) is 0 Å². The van der Waals surface area contributed by atoms with Crippen molar-refractivity contribution in [2.45, 2.75) is 12.5 Å². The number of hydrogen-bond donors (Lipinski definition) is 1.